The van der Waals surface area contributed by atoms with E-state index in [4.69, 9.17) is 23.2 Å². The molecule has 1 aromatic carbocycles. The van der Waals surface area contributed by atoms with Crippen LogP contribution in [0.4, 0.5) is 13.2 Å². The minimum Gasteiger partial charge on any atom is -0.344 e. The third-order valence-electron chi connectivity index (χ3n) is 2.42. The molecule has 106 valence electrons. The highest BCUT2D eigenvalue weighted by atomic mass is 79.9. The van der Waals surface area contributed by atoms with Gasteiger partial charge in [0.1, 0.15) is 11.5 Å². The minimum atomic E-state index is -4.60. The molecule has 2 rings (SSSR count). The summed E-state index contributed by atoms with van der Waals surface area (Å²) < 4.78 is 38.0. The molecule has 20 heavy (non-hydrogen) atoms. The molecule has 0 aliphatic rings. The number of aldehydes is 1. The third-order valence-corrected chi connectivity index (χ3v) is 4.15. The average molecular weight is 388 g/mol. The Morgan fingerprint density at radius 3 is 2.50 bits per heavy atom. The van der Waals surface area contributed by atoms with Crippen LogP contribution in [0.5, 0.6) is 0 Å². The maximum atomic E-state index is 12.8. The highest BCUT2D eigenvalue weighted by molar-refractivity contribution is 9.10. The summed E-state index contributed by atoms with van der Waals surface area (Å²) in [6, 6.07) is 0.746. The molecule has 2 aromatic rings. The van der Waals surface area contributed by atoms with Crippen molar-refractivity contribution in [1.82, 2.24) is 9.97 Å². The number of imidazole rings is 1. The van der Waals surface area contributed by atoms with Crippen LogP contribution in [0.1, 0.15) is 16.1 Å². The third kappa shape index (κ3) is 2.70. The lowest BCUT2D eigenvalue weighted by Crippen LogP contribution is -2.07. The summed E-state index contributed by atoms with van der Waals surface area (Å²) in [5.74, 6) is 0.108. The van der Waals surface area contributed by atoms with Gasteiger partial charge >= 0.3 is 6.18 Å². The van der Waals surface area contributed by atoms with Crippen molar-refractivity contribution in [2.45, 2.75) is 6.18 Å². The number of hydrogen-bond donors (Lipinski definition) is 1. The van der Waals surface area contributed by atoms with Crippen LogP contribution in [0.25, 0.3) is 11.4 Å². The van der Waals surface area contributed by atoms with E-state index in [0.717, 1.165) is 6.07 Å². The number of nitrogens with zero attached hydrogens (tertiary/aromatic N) is 1. The lowest BCUT2D eigenvalue weighted by molar-refractivity contribution is -0.138. The first kappa shape index (κ1) is 15.3. The first-order valence-corrected chi connectivity index (χ1v) is 6.56. The highest BCUT2D eigenvalue weighted by Gasteiger charge is 2.35. The fourth-order valence-electron chi connectivity index (χ4n) is 1.54. The van der Waals surface area contributed by atoms with Crippen molar-refractivity contribution in [1.29, 1.82) is 0 Å². The predicted molar refractivity (Wildman–Crippen MR) is 72.1 cm³/mol. The van der Waals surface area contributed by atoms with Gasteiger partial charge in [-0.25, -0.2) is 4.98 Å². The Balaban J connectivity index is 2.67. The maximum Gasteiger partial charge on any atom is 0.417 e. The van der Waals surface area contributed by atoms with Crippen molar-refractivity contribution in [3.63, 3.8) is 0 Å². The Labute approximate surface area is 129 Å². The van der Waals surface area contributed by atoms with E-state index < -0.39 is 11.7 Å². The summed E-state index contributed by atoms with van der Waals surface area (Å²) in [7, 11) is 0. The molecule has 1 heterocycles. The molecule has 0 spiro atoms. The van der Waals surface area contributed by atoms with Gasteiger partial charge in [-0.1, -0.05) is 23.2 Å². The molecular formula is C11H4BrCl2F3N2O. The van der Waals surface area contributed by atoms with Gasteiger partial charge in [0.05, 0.1) is 21.2 Å². The van der Waals surface area contributed by atoms with E-state index in [9.17, 15) is 18.0 Å². The zero-order valence-corrected chi connectivity index (χ0v) is 12.5. The number of aromatic amines is 1. The molecule has 0 unspecified atom stereocenters. The second kappa shape index (κ2) is 5.38. The quantitative estimate of drug-likeness (QED) is 0.583. The number of rotatable bonds is 2. The average Bonchev–Trinajstić information content (AvgIpc) is 2.81. The number of carbonyl (C=O) groups is 1. The number of halogens is 6. The standard InChI is InChI=1S/C11H4BrCl2F3N2O/c12-8-5(11(15,16)17)1-6(13)7(9(8)14)10-18-2-4(3-20)19-10/h1-3H,(H,18,19). The second-order valence-electron chi connectivity index (χ2n) is 3.70. The molecular weight excluding hydrogens is 384 g/mol. The SMILES string of the molecule is O=Cc1c[nH]c(-c2c(Cl)cc(C(F)(F)F)c(Br)c2Cl)n1. The van der Waals surface area contributed by atoms with Crippen LogP contribution in [-0.4, -0.2) is 16.3 Å². The number of aromatic nitrogens is 2. The van der Waals surface area contributed by atoms with Crippen molar-refractivity contribution in [3.8, 4) is 11.4 Å². The van der Waals surface area contributed by atoms with Crippen LogP contribution in [-0.2, 0) is 6.18 Å². The Kier molecular flexibility index (Phi) is 4.13. The van der Waals surface area contributed by atoms with Crippen LogP contribution in [0, 0.1) is 0 Å². The molecule has 0 atom stereocenters. The van der Waals surface area contributed by atoms with Gasteiger partial charge in [0.2, 0.25) is 0 Å². The van der Waals surface area contributed by atoms with Crippen molar-refractivity contribution >= 4 is 45.4 Å². The van der Waals surface area contributed by atoms with Gasteiger partial charge in [-0.05, 0) is 22.0 Å². The van der Waals surface area contributed by atoms with Gasteiger partial charge in [0.25, 0.3) is 0 Å². The molecule has 3 nitrogen and oxygen atoms in total. The molecule has 0 aliphatic carbocycles. The van der Waals surface area contributed by atoms with Crippen LogP contribution in [0.15, 0.2) is 16.7 Å². The smallest absolute Gasteiger partial charge is 0.344 e. The van der Waals surface area contributed by atoms with E-state index >= 15 is 0 Å². The van der Waals surface area contributed by atoms with Crippen LogP contribution < -0.4 is 0 Å². The normalized spacial score (nSPS) is 11.7. The molecule has 0 saturated carbocycles. The zero-order chi connectivity index (χ0) is 15.1. The van der Waals surface area contributed by atoms with E-state index in [2.05, 4.69) is 25.9 Å². The number of nitrogens with one attached hydrogen (secondary N) is 1. The summed E-state index contributed by atoms with van der Waals surface area (Å²) in [5, 5.41) is -0.464. The monoisotopic (exact) mass is 386 g/mol. The minimum absolute atomic E-state index is 0.0845. The van der Waals surface area contributed by atoms with E-state index in [1.807, 2.05) is 0 Å². The molecule has 0 amide bonds. The Bertz CT molecular complexity index is 685. The van der Waals surface area contributed by atoms with Crippen LogP contribution >= 0.6 is 39.1 Å². The van der Waals surface area contributed by atoms with E-state index in [0.29, 0.717) is 6.29 Å². The molecule has 1 aromatic heterocycles. The molecule has 1 N–H and O–H groups in total. The molecule has 9 heteroatoms. The van der Waals surface area contributed by atoms with Gasteiger partial charge in [0, 0.05) is 10.7 Å². The number of carbonyl (C=O) groups excluding carboxylic acids is 1. The fourth-order valence-corrected chi connectivity index (χ4v) is 2.71. The van der Waals surface area contributed by atoms with Crippen molar-refractivity contribution < 1.29 is 18.0 Å². The van der Waals surface area contributed by atoms with E-state index in [1.165, 1.54) is 6.20 Å². The first-order chi connectivity index (χ1) is 9.25. The summed E-state index contributed by atoms with van der Waals surface area (Å²) in [5.41, 5.74) is -0.817. The summed E-state index contributed by atoms with van der Waals surface area (Å²) in [6.45, 7) is 0. The van der Waals surface area contributed by atoms with E-state index in [-0.39, 0.29) is 31.6 Å². The second-order valence-corrected chi connectivity index (χ2v) is 5.28. The Hall–Kier alpha value is -1.05. The van der Waals surface area contributed by atoms with E-state index in [1.54, 1.807) is 0 Å². The number of H-pyrrole nitrogens is 1. The molecule has 0 fully saturated rings. The summed E-state index contributed by atoms with van der Waals surface area (Å²) in [6.07, 6.45) is -2.82. The molecule has 0 radical (unpaired) electrons. The number of benzene rings is 1. The lowest BCUT2D eigenvalue weighted by Gasteiger charge is -2.14. The molecule has 0 aliphatic heterocycles. The maximum absolute atomic E-state index is 12.8. The fraction of sp³-hybridized carbons (Fsp3) is 0.0909. The van der Waals surface area contributed by atoms with Gasteiger partial charge in [-0.15, -0.1) is 0 Å². The summed E-state index contributed by atoms with van der Waals surface area (Å²) >= 11 is 14.6. The summed E-state index contributed by atoms with van der Waals surface area (Å²) in [4.78, 5) is 17.1. The lowest BCUT2D eigenvalue weighted by atomic mass is 10.1. The predicted octanol–water partition coefficient (Wildman–Crippen LogP) is 4.98. The first-order valence-electron chi connectivity index (χ1n) is 5.01. The van der Waals surface area contributed by atoms with Gasteiger partial charge < -0.3 is 4.98 Å². The van der Waals surface area contributed by atoms with Crippen molar-refractivity contribution in [2.24, 2.45) is 0 Å². The topological polar surface area (TPSA) is 45.8 Å². The molecule has 0 saturated heterocycles. The van der Waals surface area contributed by atoms with Crippen LogP contribution in [0.3, 0.4) is 0 Å². The highest BCUT2D eigenvalue weighted by Crippen LogP contribution is 2.45. The number of alkyl halides is 3. The van der Waals surface area contributed by atoms with Crippen LogP contribution in [0.2, 0.25) is 10.0 Å². The number of hydrogen-bond acceptors (Lipinski definition) is 2. The van der Waals surface area contributed by atoms with Gasteiger partial charge in [-0.3, -0.25) is 4.79 Å². The Morgan fingerprint density at radius 2 is 2.00 bits per heavy atom. The van der Waals surface area contributed by atoms with Crippen molar-refractivity contribution in [2.75, 3.05) is 0 Å². The molecule has 0 bridgehead atoms. The van der Waals surface area contributed by atoms with Gasteiger partial charge in [-0.2, -0.15) is 13.2 Å². The largest absolute Gasteiger partial charge is 0.417 e. The van der Waals surface area contributed by atoms with Crippen molar-refractivity contribution in [3.05, 3.63) is 38.0 Å². The van der Waals surface area contributed by atoms with Gasteiger partial charge in [0.15, 0.2) is 6.29 Å². The zero-order valence-electron chi connectivity index (χ0n) is 9.36. The Morgan fingerprint density at radius 1 is 1.35 bits per heavy atom.